The molecule has 2 nitrogen and oxygen atoms in total. The maximum absolute atomic E-state index is 3.76. The molecule has 3 aliphatic rings. The molecule has 3 atom stereocenters. The number of nitrogens with one attached hydrogen (secondary N) is 1. The molecular weight excluding hydrogens is 220 g/mol. The minimum Gasteiger partial charge on any atom is -0.314 e. The quantitative estimate of drug-likeness (QED) is 0.779. The van der Waals surface area contributed by atoms with Crippen molar-refractivity contribution in [2.75, 3.05) is 6.54 Å². The number of nitrogens with zero attached hydrogens (tertiary/aromatic N) is 1. The Hall–Kier alpha value is -0.0800. The van der Waals surface area contributed by atoms with Crippen molar-refractivity contribution in [1.82, 2.24) is 10.2 Å². The average Bonchev–Trinajstić information content (AvgIpc) is 3.12. The first-order valence-corrected chi connectivity index (χ1v) is 8.28. The summed E-state index contributed by atoms with van der Waals surface area (Å²) >= 11 is 0. The van der Waals surface area contributed by atoms with Crippen molar-refractivity contribution in [3.8, 4) is 0 Å². The lowest BCUT2D eigenvalue weighted by molar-refractivity contribution is 0.0710. The van der Waals surface area contributed by atoms with E-state index in [1.54, 1.807) is 0 Å². The Balaban J connectivity index is 1.54. The Morgan fingerprint density at radius 3 is 2.33 bits per heavy atom. The van der Waals surface area contributed by atoms with Gasteiger partial charge in [-0.15, -0.1) is 0 Å². The van der Waals surface area contributed by atoms with E-state index < -0.39 is 0 Å². The molecule has 0 spiro atoms. The van der Waals surface area contributed by atoms with Gasteiger partial charge < -0.3 is 5.32 Å². The van der Waals surface area contributed by atoms with Crippen molar-refractivity contribution in [1.29, 1.82) is 0 Å². The maximum Gasteiger partial charge on any atom is 0.0116 e. The van der Waals surface area contributed by atoms with E-state index in [0.717, 1.165) is 30.1 Å². The van der Waals surface area contributed by atoms with Gasteiger partial charge >= 0.3 is 0 Å². The predicted molar refractivity (Wildman–Crippen MR) is 76.8 cm³/mol. The number of hydrogen-bond acceptors (Lipinski definition) is 2. The first-order chi connectivity index (χ1) is 8.78. The van der Waals surface area contributed by atoms with E-state index in [4.69, 9.17) is 0 Å². The molecule has 0 aromatic carbocycles. The Morgan fingerprint density at radius 1 is 1.11 bits per heavy atom. The van der Waals surface area contributed by atoms with E-state index in [-0.39, 0.29) is 0 Å². The summed E-state index contributed by atoms with van der Waals surface area (Å²) in [6.45, 7) is 5.97. The van der Waals surface area contributed by atoms with Crippen LogP contribution in [0.15, 0.2) is 0 Å². The molecule has 1 aliphatic carbocycles. The van der Waals surface area contributed by atoms with Gasteiger partial charge in [-0.05, 0) is 57.9 Å². The molecular formula is C16H30N2. The van der Waals surface area contributed by atoms with Crippen molar-refractivity contribution >= 4 is 0 Å². The van der Waals surface area contributed by atoms with Gasteiger partial charge in [-0.2, -0.15) is 0 Å². The highest BCUT2D eigenvalue weighted by Gasteiger charge is 2.43. The van der Waals surface area contributed by atoms with E-state index >= 15 is 0 Å². The van der Waals surface area contributed by atoms with Crippen LogP contribution in [0.3, 0.4) is 0 Å². The van der Waals surface area contributed by atoms with Gasteiger partial charge in [-0.1, -0.05) is 19.8 Å². The molecule has 2 heteroatoms. The molecule has 2 saturated heterocycles. The first kappa shape index (κ1) is 12.9. The van der Waals surface area contributed by atoms with Crippen LogP contribution >= 0.6 is 0 Å². The molecule has 2 heterocycles. The smallest absolute Gasteiger partial charge is 0.0116 e. The standard InChI is InChI=1S/C16H30N2/c1-3-8-17-14-10-15-6-7-16(11-14)18(15)12(2)9-13-4-5-13/h12-17H,3-11H2,1-2H3. The van der Waals surface area contributed by atoms with Crippen molar-refractivity contribution in [2.45, 2.75) is 89.4 Å². The monoisotopic (exact) mass is 250 g/mol. The molecule has 0 amide bonds. The van der Waals surface area contributed by atoms with E-state index in [9.17, 15) is 0 Å². The number of fused-ring (bicyclic) bond motifs is 2. The van der Waals surface area contributed by atoms with Crippen LogP contribution in [0.5, 0.6) is 0 Å². The molecule has 104 valence electrons. The third-order valence-electron chi connectivity index (χ3n) is 5.35. The highest BCUT2D eigenvalue weighted by Crippen LogP contribution is 2.41. The van der Waals surface area contributed by atoms with Gasteiger partial charge in [-0.3, -0.25) is 4.90 Å². The van der Waals surface area contributed by atoms with Gasteiger partial charge in [0, 0.05) is 24.2 Å². The summed E-state index contributed by atoms with van der Waals surface area (Å²) < 4.78 is 0. The fourth-order valence-corrected chi connectivity index (χ4v) is 4.41. The van der Waals surface area contributed by atoms with Gasteiger partial charge in [0.1, 0.15) is 0 Å². The zero-order chi connectivity index (χ0) is 12.5. The number of hydrogen-bond donors (Lipinski definition) is 1. The lowest BCUT2D eigenvalue weighted by Crippen LogP contribution is -2.52. The molecule has 0 aromatic rings. The molecule has 0 aromatic heterocycles. The van der Waals surface area contributed by atoms with Crippen LogP contribution < -0.4 is 5.32 Å². The minimum atomic E-state index is 0.812. The molecule has 3 unspecified atom stereocenters. The molecule has 3 rings (SSSR count). The fourth-order valence-electron chi connectivity index (χ4n) is 4.41. The molecule has 18 heavy (non-hydrogen) atoms. The van der Waals surface area contributed by atoms with Crippen molar-refractivity contribution < 1.29 is 0 Å². The number of rotatable bonds is 6. The van der Waals surface area contributed by atoms with E-state index in [2.05, 4.69) is 24.1 Å². The third kappa shape index (κ3) is 2.75. The summed E-state index contributed by atoms with van der Waals surface area (Å²) in [5, 5.41) is 3.76. The zero-order valence-corrected chi connectivity index (χ0v) is 12.2. The Kier molecular flexibility index (Phi) is 3.95. The average molecular weight is 250 g/mol. The van der Waals surface area contributed by atoms with Gasteiger partial charge in [0.15, 0.2) is 0 Å². The predicted octanol–water partition coefficient (Wildman–Crippen LogP) is 3.17. The van der Waals surface area contributed by atoms with Crippen LogP contribution in [-0.2, 0) is 0 Å². The Morgan fingerprint density at radius 2 is 1.78 bits per heavy atom. The number of piperidine rings is 1. The maximum atomic E-state index is 3.76. The van der Waals surface area contributed by atoms with Crippen LogP contribution in [0, 0.1) is 5.92 Å². The Bertz CT molecular complexity index is 260. The molecule has 2 bridgehead atoms. The summed E-state index contributed by atoms with van der Waals surface area (Å²) in [6.07, 6.45) is 11.5. The first-order valence-electron chi connectivity index (χ1n) is 8.28. The summed E-state index contributed by atoms with van der Waals surface area (Å²) in [4.78, 5) is 2.91. The van der Waals surface area contributed by atoms with E-state index in [1.165, 1.54) is 57.9 Å². The highest BCUT2D eigenvalue weighted by molar-refractivity contribution is 5.00. The van der Waals surface area contributed by atoms with Crippen molar-refractivity contribution in [3.05, 3.63) is 0 Å². The van der Waals surface area contributed by atoms with Gasteiger partial charge in [0.2, 0.25) is 0 Å². The largest absolute Gasteiger partial charge is 0.314 e. The second-order valence-electron chi connectivity index (χ2n) is 6.98. The Labute approximate surface area is 113 Å². The van der Waals surface area contributed by atoms with Crippen molar-refractivity contribution in [3.63, 3.8) is 0 Å². The topological polar surface area (TPSA) is 15.3 Å². The van der Waals surface area contributed by atoms with Crippen LogP contribution in [0.2, 0.25) is 0 Å². The minimum absolute atomic E-state index is 0.812. The van der Waals surface area contributed by atoms with Crippen LogP contribution in [-0.4, -0.2) is 35.6 Å². The van der Waals surface area contributed by atoms with Crippen molar-refractivity contribution in [2.24, 2.45) is 5.92 Å². The van der Waals surface area contributed by atoms with E-state index in [1.807, 2.05) is 0 Å². The fraction of sp³-hybridized carbons (Fsp3) is 1.00. The van der Waals surface area contributed by atoms with Gasteiger partial charge in [-0.25, -0.2) is 0 Å². The van der Waals surface area contributed by atoms with Gasteiger partial charge in [0.05, 0.1) is 0 Å². The second kappa shape index (κ2) is 5.50. The molecule has 0 radical (unpaired) electrons. The normalized spacial score (nSPS) is 38.0. The summed E-state index contributed by atoms with van der Waals surface area (Å²) in [5.74, 6) is 1.08. The SMILES string of the molecule is CCCNC1CC2CCC(C1)N2C(C)CC1CC1. The summed E-state index contributed by atoms with van der Waals surface area (Å²) in [5.41, 5.74) is 0. The zero-order valence-electron chi connectivity index (χ0n) is 12.2. The second-order valence-corrected chi connectivity index (χ2v) is 6.98. The van der Waals surface area contributed by atoms with Crippen LogP contribution in [0.25, 0.3) is 0 Å². The van der Waals surface area contributed by atoms with E-state index in [0.29, 0.717) is 0 Å². The van der Waals surface area contributed by atoms with Crippen LogP contribution in [0.4, 0.5) is 0 Å². The third-order valence-corrected chi connectivity index (χ3v) is 5.35. The lowest BCUT2D eigenvalue weighted by Gasteiger charge is -2.43. The van der Waals surface area contributed by atoms with Gasteiger partial charge in [0.25, 0.3) is 0 Å². The lowest BCUT2D eigenvalue weighted by atomic mass is 9.94. The molecule has 1 N–H and O–H groups in total. The van der Waals surface area contributed by atoms with Crippen LogP contribution in [0.1, 0.15) is 65.2 Å². The highest BCUT2D eigenvalue weighted by atomic mass is 15.3. The molecule has 3 fully saturated rings. The summed E-state index contributed by atoms with van der Waals surface area (Å²) in [7, 11) is 0. The summed E-state index contributed by atoms with van der Waals surface area (Å²) in [6, 6.07) is 3.45. The molecule has 2 aliphatic heterocycles. The molecule has 1 saturated carbocycles.